The lowest BCUT2D eigenvalue weighted by molar-refractivity contribution is 0.776. The third-order valence-electron chi connectivity index (χ3n) is 10.3. The number of aromatic nitrogens is 1. The molecule has 3 aliphatic rings. The van der Waals surface area contributed by atoms with Gasteiger partial charge in [-0.1, -0.05) is 129 Å². The Balaban J connectivity index is 1.47. The molecule has 0 spiro atoms. The van der Waals surface area contributed by atoms with Crippen LogP contribution in [0.4, 0.5) is 5.69 Å². The van der Waals surface area contributed by atoms with E-state index in [1.165, 1.54) is 50.0 Å². The molecular formula is C45H46N2. The third-order valence-corrected chi connectivity index (χ3v) is 10.3. The van der Waals surface area contributed by atoms with E-state index in [9.17, 15) is 0 Å². The molecular weight excluding hydrogens is 569 g/mol. The fraction of sp³-hybridized carbons (Fsp3) is 0.222. The maximum Gasteiger partial charge on any atom is 0.0741 e. The summed E-state index contributed by atoms with van der Waals surface area (Å²) in [6.45, 7) is 24.5. The number of rotatable bonds is 0. The van der Waals surface area contributed by atoms with E-state index in [2.05, 4.69) is 163 Å². The molecule has 47 heavy (non-hydrogen) atoms. The van der Waals surface area contributed by atoms with Crippen LogP contribution in [0.2, 0.25) is 0 Å². The number of benzene rings is 3. The van der Waals surface area contributed by atoms with Crippen molar-refractivity contribution in [1.82, 2.24) is 4.98 Å². The molecule has 0 N–H and O–H groups in total. The van der Waals surface area contributed by atoms with Crippen LogP contribution in [0.5, 0.6) is 0 Å². The monoisotopic (exact) mass is 614 g/mol. The van der Waals surface area contributed by atoms with Gasteiger partial charge in [0, 0.05) is 12.4 Å². The van der Waals surface area contributed by atoms with Gasteiger partial charge in [0.05, 0.1) is 22.9 Å². The average molecular weight is 615 g/mol. The summed E-state index contributed by atoms with van der Waals surface area (Å²) in [4.78, 5) is 7.51. The van der Waals surface area contributed by atoms with E-state index in [1.54, 1.807) is 0 Å². The number of nitrogens with zero attached hydrogens (tertiary/aromatic N) is 2. The van der Waals surface area contributed by atoms with Crippen LogP contribution in [-0.4, -0.2) is 18.1 Å². The van der Waals surface area contributed by atoms with E-state index >= 15 is 0 Å². The number of anilines is 1. The summed E-state index contributed by atoms with van der Waals surface area (Å²) >= 11 is 0. The second-order valence-corrected chi connectivity index (χ2v) is 13.4. The fourth-order valence-electron chi connectivity index (χ4n) is 6.76. The van der Waals surface area contributed by atoms with Gasteiger partial charge < -0.3 is 4.90 Å². The van der Waals surface area contributed by atoms with E-state index in [0.717, 1.165) is 50.5 Å². The van der Waals surface area contributed by atoms with Crippen molar-refractivity contribution in [2.75, 3.05) is 11.9 Å². The molecule has 4 heterocycles. The third kappa shape index (κ3) is 6.25. The maximum atomic E-state index is 5.16. The van der Waals surface area contributed by atoms with Gasteiger partial charge in [-0.3, -0.25) is 0 Å². The summed E-state index contributed by atoms with van der Waals surface area (Å²) in [5, 5.41) is 5.53. The van der Waals surface area contributed by atoms with Crippen molar-refractivity contribution in [2.45, 2.75) is 53.5 Å². The second-order valence-electron chi connectivity index (χ2n) is 13.4. The highest BCUT2D eigenvalue weighted by Gasteiger charge is 2.22. The summed E-state index contributed by atoms with van der Waals surface area (Å²) in [5.74, 6) is 0.284. The van der Waals surface area contributed by atoms with Gasteiger partial charge in [-0.2, -0.15) is 0 Å². The Morgan fingerprint density at radius 3 is 2.17 bits per heavy atom. The Bertz CT molecular complexity index is 2280. The Hall–Kier alpha value is -4.95. The zero-order chi connectivity index (χ0) is 33.4. The Morgan fingerprint density at radius 1 is 0.702 bits per heavy atom. The smallest absolute Gasteiger partial charge is 0.0741 e. The molecule has 2 unspecified atom stereocenters. The lowest BCUT2D eigenvalue weighted by Gasteiger charge is -2.34. The van der Waals surface area contributed by atoms with E-state index in [1.807, 2.05) is 0 Å². The highest BCUT2D eigenvalue weighted by Crippen LogP contribution is 2.30. The zero-order valence-corrected chi connectivity index (χ0v) is 28.8. The van der Waals surface area contributed by atoms with Gasteiger partial charge >= 0.3 is 0 Å². The summed E-state index contributed by atoms with van der Waals surface area (Å²) in [5.41, 5.74) is 13.0. The van der Waals surface area contributed by atoms with Gasteiger partial charge in [-0.25, -0.2) is 4.98 Å². The van der Waals surface area contributed by atoms with Crippen LogP contribution in [0.15, 0.2) is 90.6 Å². The first-order valence-electron chi connectivity index (χ1n) is 16.7. The Labute approximate surface area is 280 Å². The normalized spacial score (nSPS) is 22.8. The first-order chi connectivity index (χ1) is 22.5. The van der Waals surface area contributed by atoms with Crippen molar-refractivity contribution in [3.05, 3.63) is 145 Å². The average Bonchev–Trinajstić information content (AvgIpc) is 3.06. The first kappa shape index (κ1) is 32.0. The molecule has 0 saturated carbocycles. The minimum absolute atomic E-state index is 0.116. The molecule has 0 saturated heterocycles. The molecule has 8 bridgehead atoms. The molecule has 0 aliphatic carbocycles. The molecule has 7 rings (SSSR count). The molecule has 4 aromatic rings. The van der Waals surface area contributed by atoms with Crippen LogP contribution in [-0.2, 0) is 6.42 Å². The molecule has 0 amide bonds. The van der Waals surface area contributed by atoms with Crippen LogP contribution >= 0.6 is 0 Å². The molecule has 2 heteroatoms. The largest absolute Gasteiger partial charge is 0.363 e. The van der Waals surface area contributed by atoms with E-state index in [-0.39, 0.29) is 12.0 Å². The van der Waals surface area contributed by atoms with Crippen molar-refractivity contribution in [2.24, 2.45) is 5.92 Å². The molecule has 2 atom stereocenters. The highest BCUT2D eigenvalue weighted by atomic mass is 15.1. The summed E-state index contributed by atoms with van der Waals surface area (Å²) in [7, 11) is 2.17. The quantitative estimate of drug-likeness (QED) is 0.187. The zero-order valence-electron chi connectivity index (χ0n) is 28.8. The lowest BCUT2D eigenvalue weighted by atomic mass is 9.92. The standard InChI is InChI=1S/C45H46N2/c1-28-10-14-36-18-19-37(33(6)32(36)5)16-12-30(3)42-26-24-40-22-20-38(34(7)44(40)46-42)17-13-31(4)43-27-25-41-23-21-39(15-11-29(28)2)35(8)45(41)47(43)9/h10-12,14-16,18-28,43H,4,6,8,13,17H2,1-3,5,7,9H3/b14-10-,29-11+,30-12+,37-16-,39-15-. The number of pyridine rings is 1. The molecule has 236 valence electrons. The van der Waals surface area contributed by atoms with Crippen molar-refractivity contribution in [3.63, 3.8) is 0 Å². The van der Waals surface area contributed by atoms with Crippen molar-refractivity contribution in [1.29, 1.82) is 0 Å². The van der Waals surface area contributed by atoms with Gasteiger partial charge in [0.25, 0.3) is 0 Å². The fourth-order valence-corrected chi connectivity index (χ4v) is 6.76. The van der Waals surface area contributed by atoms with Crippen LogP contribution in [0, 0.1) is 19.8 Å². The van der Waals surface area contributed by atoms with Gasteiger partial charge in [0.2, 0.25) is 0 Å². The predicted octanol–water partition coefficient (Wildman–Crippen LogP) is 7.97. The minimum atomic E-state index is 0.116. The van der Waals surface area contributed by atoms with Gasteiger partial charge in [-0.15, -0.1) is 0 Å². The maximum absolute atomic E-state index is 5.16. The highest BCUT2D eigenvalue weighted by molar-refractivity contribution is 5.85. The van der Waals surface area contributed by atoms with Gasteiger partial charge in [-0.05, 0) is 107 Å². The number of hydrogen-bond donors (Lipinski definition) is 0. The van der Waals surface area contributed by atoms with Gasteiger partial charge in [0.15, 0.2) is 0 Å². The minimum Gasteiger partial charge on any atom is -0.363 e. The molecule has 1 aromatic heterocycles. The van der Waals surface area contributed by atoms with E-state index in [0.29, 0.717) is 0 Å². The summed E-state index contributed by atoms with van der Waals surface area (Å²) < 4.78 is 0. The van der Waals surface area contributed by atoms with Crippen LogP contribution in [0.25, 0.3) is 53.9 Å². The van der Waals surface area contributed by atoms with E-state index in [4.69, 9.17) is 4.98 Å². The van der Waals surface area contributed by atoms with Crippen molar-refractivity contribution < 1.29 is 0 Å². The lowest BCUT2D eigenvalue weighted by Crippen LogP contribution is -2.40. The molecule has 3 aliphatic heterocycles. The molecule has 0 radical (unpaired) electrons. The number of fused-ring (bicyclic) bond motifs is 8. The van der Waals surface area contributed by atoms with Gasteiger partial charge in [0.1, 0.15) is 0 Å². The summed E-state index contributed by atoms with van der Waals surface area (Å²) in [6.07, 6.45) is 19.6. The SMILES string of the molecule is C=C1CCc2ccc3ccc(nc3c2C)/C(C)=C/C=c2/ccc(c(C)c2=C)/C=C\C(C)/C(C)=C/C=c2/ccc3c(c2=C)N(C)C1C=C3. The first-order valence-corrected chi connectivity index (χ1v) is 16.7. The van der Waals surface area contributed by atoms with Crippen LogP contribution in [0.1, 0.15) is 60.7 Å². The molecule has 2 nitrogen and oxygen atoms in total. The predicted molar refractivity (Wildman–Crippen MR) is 207 cm³/mol. The summed E-state index contributed by atoms with van der Waals surface area (Å²) in [6, 6.07) is 17.7. The number of likely N-dealkylation sites (N-methyl/N-ethyl adjacent to an activating group) is 1. The number of aryl methyl sites for hydroxylation is 2. The molecule has 0 fully saturated rings. The second kappa shape index (κ2) is 13.0. The topological polar surface area (TPSA) is 16.1 Å². The Kier molecular flexibility index (Phi) is 8.88. The van der Waals surface area contributed by atoms with Crippen LogP contribution < -0.4 is 25.8 Å². The Morgan fingerprint density at radius 2 is 1.38 bits per heavy atom. The van der Waals surface area contributed by atoms with Crippen LogP contribution in [0.3, 0.4) is 0 Å². The number of hydrogen-bond acceptors (Lipinski definition) is 2. The van der Waals surface area contributed by atoms with Crippen molar-refractivity contribution >= 4 is 59.6 Å². The molecule has 3 aromatic carbocycles. The van der Waals surface area contributed by atoms with E-state index < -0.39 is 0 Å². The number of allylic oxidation sites excluding steroid dienone is 5. The van der Waals surface area contributed by atoms with Crippen molar-refractivity contribution in [3.8, 4) is 0 Å².